The number of fused-ring (bicyclic) bond motifs is 1. The highest BCUT2D eigenvalue weighted by Crippen LogP contribution is 2.30. The number of imide groups is 1. The predicted octanol–water partition coefficient (Wildman–Crippen LogP) is 2.79. The van der Waals surface area contributed by atoms with Gasteiger partial charge in [-0.05, 0) is 24.3 Å². The van der Waals surface area contributed by atoms with Gasteiger partial charge in [0.1, 0.15) is 0 Å². The Morgan fingerprint density at radius 2 is 1.50 bits per heavy atom. The molecule has 0 atom stereocenters. The van der Waals surface area contributed by atoms with Gasteiger partial charge in [-0.15, -0.1) is 0 Å². The van der Waals surface area contributed by atoms with E-state index in [4.69, 9.17) is 4.74 Å². The first-order valence-electron chi connectivity index (χ1n) is 6.54. The van der Waals surface area contributed by atoms with E-state index in [-0.39, 0.29) is 11.3 Å². The Labute approximate surface area is 126 Å². The highest BCUT2D eigenvalue weighted by molar-refractivity contribution is 6.35. The summed E-state index contributed by atoms with van der Waals surface area (Å²) in [5, 5.41) is 0. The van der Waals surface area contributed by atoms with E-state index in [2.05, 4.69) is 6.58 Å². The van der Waals surface area contributed by atoms with Crippen LogP contribution >= 0.6 is 0 Å². The fraction of sp³-hybridized carbons (Fsp3) is 0. The Balaban J connectivity index is 2.11. The molecule has 0 bridgehead atoms. The average Bonchev–Trinajstić information content (AvgIpc) is 2.79. The molecular weight excluding hydrogens is 282 g/mol. The van der Waals surface area contributed by atoms with Crippen LogP contribution in [0.1, 0.15) is 31.1 Å². The summed E-state index contributed by atoms with van der Waals surface area (Å²) < 4.78 is 4.75. The van der Waals surface area contributed by atoms with Crippen LogP contribution in [0.15, 0.2) is 61.4 Å². The van der Waals surface area contributed by atoms with Crippen LogP contribution in [-0.4, -0.2) is 17.8 Å². The van der Waals surface area contributed by atoms with E-state index < -0.39 is 17.8 Å². The second kappa shape index (κ2) is 5.29. The molecule has 3 rings (SSSR count). The van der Waals surface area contributed by atoms with Gasteiger partial charge in [-0.3, -0.25) is 9.59 Å². The number of anilines is 1. The molecule has 108 valence electrons. The summed E-state index contributed by atoms with van der Waals surface area (Å²) in [6.07, 6.45) is 1.00. The molecule has 0 fully saturated rings. The van der Waals surface area contributed by atoms with E-state index >= 15 is 0 Å². The molecule has 0 aliphatic carbocycles. The summed E-state index contributed by atoms with van der Waals surface area (Å²) in [7, 11) is 0. The molecule has 2 amide bonds. The summed E-state index contributed by atoms with van der Waals surface area (Å²) in [5.41, 5.74) is 0.955. The van der Waals surface area contributed by atoms with E-state index in [0.29, 0.717) is 11.1 Å². The van der Waals surface area contributed by atoms with E-state index in [1.807, 2.05) is 0 Å². The number of para-hydroxylation sites is 1. The van der Waals surface area contributed by atoms with Crippen molar-refractivity contribution in [2.45, 2.75) is 0 Å². The molecule has 2 aromatic rings. The highest BCUT2D eigenvalue weighted by atomic mass is 16.5. The molecule has 0 N–H and O–H groups in total. The third-order valence-electron chi connectivity index (χ3n) is 3.35. The van der Waals surface area contributed by atoms with Crippen molar-refractivity contribution in [3.63, 3.8) is 0 Å². The molecule has 1 aliphatic rings. The van der Waals surface area contributed by atoms with Crippen LogP contribution < -0.4 is 4.90 Å². The third-order valence-corrected chi connectivity index (χ3v) is 3.35. The molecule has 0 radical (unpaired) electrons. The van der Waals surface area contributed by atoms with Crippen LogP contribution in [0.4, 0.5) is 5.69 Å². The van der Waals surface area contributed by atoms with Crippen molar-refractivity contribution >= 4 is 23.5 Å². The number of benzene rings is 2. The molecule has 1 aliphatic heterocycles. The van der Waals surface area contributed by atoms with Gasteiger partial charge in [0.15, 0.2) is 0 Å². The van der Waals surface area contributed by atoms with Gasteiger partial charge >= 0.3 is 5.97 Å². The zero-order valence-corrected chi connectivity index (χ0v) is 11.5. The lowest BCUT2D eigenvalue weighted by atomic mass is 10.1. The Bertz CT molecular complexity index is 775. The minimum atomic E-state index is -0.679. The number of nitrogens with zero attached hydrogens (tertiary/aromatic N) is 1. The number of hydrogen-bond acceptors (Lipinski definition) is 4. The van der Waals surface area contributed by atoms with Gasteiger partial charge in [0.25, 0.3) is 11.8 Å². The van der Waals surface area contributed by atoms with Crippen molar-refractivity contribution < 1.29 is 19.1 Å². The van der Waals surface area contributed by atoms with Crippen molar-refractivity contribution in [2.24, 2.45) is 0 Å². The molecule has 5 nitrogen and oxygen atoms in total. The summed E-state index contributed by atoms with van der Waals surface area (Å²) in [4.78, 5) is 37.9. The fourth-order valence-corrected chi connectivity index (χ4v) is 2.39. The average molecular weight is 293 g/mol. The Morgan fingerprint density at radius 1 is 0.955 bits per heavy atom. The number of ether oxygens (including phenoxy) is 1. The maximum Gasteiger partial charge on any atom is 0.345 e. The molecule has 0 aromatic heterocycles. The summed E-state index contributed by atoms with van der Waals surface area (Å²) >= 11 is 0. The van der Waals surface area contributed by atoms with Gasteiger partial charge in [-0.25, -0.2) is 9.69 Å². The maximum atomic E-state index is 12.5. The zero-order valence-electron chi connectivity index (χ0n) is 11.5. The number of rotatable bonds is 3. The van der Waals surface area contributed by atoms with Crippen molar-refractivity contribution in [1.29, 1.82) is 0 Å². The zero-order chi connectivity index (χ0) is 15.7. The van der Waals surface area contributed by atoms with E-state index in [1.165, 1.54) is 12.1 Å². The standard InChI is InChI=1S/C17H11NO4/c1-2-22-17(21)13-9-5-6-10-14(13)18-15(19)11-7-3-4-8-12(11)16(18)20/h2-10H,1H2. The monoisotopic (exact) mass is 293 g/mol. The number of hydrogen-bond donors (Lipinski definition) is 0. The van der Waals surface area contributed by atoms with Crippen molar-refractivity contribution in [2.75, 3.05) is 4.90 Å². The van der Waals surface area contributed by atoms with Gasteiger partial charge in [-0.1, -0.05) is 30.8 Å². The Morgan fingerprint density at radius 3 is 2.09 bits per heavy atom. The molecule has 0 spiro atoms. The molecule has 1 heterocycles. The lowest BCUT2D eigenvalue weighted by molar-refractivity contribution is 0.0665. The largest absolute Gasteiger partial charge is 0.431 e. The quantitative estimate of drug-likeness (QED) is 0.496. The van der Waals surface area contributed by atoms with Gasteiger partial charge < -0.3 is 4.74 Å². The lowest BCUT2D eigenvalue weighted by Gasteiger charge is -2.16. The van der Waals surface area contributed by atoms with E-state index in [9.17, 15) is 14.4 Å². The van der Waals surface area contributed by atoms with Crippen LogP contribution in [0, 0.1) is 0 Å². The van der Waals surface area contributed by atoms with Crippen LogP contribution in [0.5, 0.6) is 0 Å². The maximum absolute atomic E-state index is 12.5. The minimum absolute atomic E-state index is 0.122. The molecule has 0 unspecified atom stereocenters. The summed E-state index contributed by atoms with van der Waals surface area (Å²) in [6, 6.07) is 12.8. The molecular formula is C17H11NO4. The van der Waals surface area contributed by atoms with Crippen LogP contribution in [0.2, 0.25) is 0 Å². The molecule has 0 saturated carbocycles. The van der Waals surface area contributed by atoms with Crippen LogP contribution in [-0.2, 0) is 4.74 Å². The van der Waals surface area contributed by atoms with Gasteiger partial charge in [0.05, 0.1) is 28.6 Å². The molecule has 5 heteroatoms. The smallest absolute Gasteiger partial charge is 0.345 e. The van der Waals surface area contributed by atoms with Crippen LogP contribution in [0.3, 0.4) is 0 Å². The second-order valence-corrected chi connectivity index (χ2v) is 4.58. The first-order chi connectivity index (χ1) is 10.6. The van der Waals surface area contributed by atoms with E-state index in [0.717, 1.165) is 11.2 Å². The molecule has 22 heavy (non-hydrogen) atoms. The summed E-state index contributed by atoms with van der Waals surface area (Å²) in [5.74, 6) is -1.60. The Hall–Kier alpha value is -3.21. The van der Waals surface area contributed by atoms with Gasteiger partial charge in [0.2, 0.25) is 0 Å². The normalized spacial score (nSPS) is 13.0. The number of carbonyl (C=O) groups excluding carboxylic acids is 3. The van der Waals surface area contributed by atoms with Crippen molar-refractivity contribution in [3.8, 4) is 0 Å². The van der Waals surface area contributed by atoms with Crippen molar-refractivity contribution in [1.82, 2.24) is 0 Å². The predicted molar refractivity (Wildman–Crippen MR) is 79.6 cm³/mol. The van der Waals surface area contributed by atoms with Crippen molar-refractivity contribution in [3.05, 3.63) is 78.1 Å². The fourth-order valence-electron chi connectivity index (χ4n) is 2.39. The minimum Gasteiger partial charge on any atom is -0.431 e. The van der Waals surface area contributed by atoms with Crippen LogP contribution in [0.25, 0.3) is 0 Å². The highest BCUT2D eigenvalue weighted by Gasteiger charge is 2.38. The van der Waals surface area contributed by atoms with Gasteiger partial charge in [-0.2, -0.15) is 0 Å². The molecule has 0 saturated heterocycles. The van der Waals surface area contributed by atoms with Gasteiger partial charge in [0, 0.05) is 0 Å². The number of esters is 1. The first-order valence-corrected chi connectivity index (χ1v) is 6.54. The summed E-state index contributed by atoms with van der Waals surface area (Å²) in [6.45, 7) is 3.33. The van der Waals surface area contributed by atoms with E-state index in [1.54, 1.807) is 36.4 Å². The topological polar surface area (TPSA) is 63.7 Å². The third kappa shape index (κ3) is 2.00. The SMILES string of the molecule is C=COC(=O)c1ccccc1N1C(=O)c2ccccc2C1=O. The Kier molecular flexibility index (Phi) is 3.31. The first kappa shape index (κ1) is 13.8. The molecule has 2 aromatic carbocycles. The number of amides is 2. The lowest BCUT2D eigenvalue weighted by Crippen LogP contribution is -2.31. The second-order valence-electron chi connectivity index (χ2n) is 4.58. The number of carbonyl (C=O) groups is 3.